The Balaban J connectivity index is 2.15. The van der Waals surface area contributed by atoms with Gasteiger partial charge in [0, 0.05) is 17.2 Å². The van der Waals surface area contributed by atoms with Crippen molar-refractivity contribution >= 4 is 28.5 Å². The third kappa shape index (κ3) is 3.33. The molecule has 0 heterocycles. The van der Waals surface area contributed by atoms with Gasteiger partial charge in [-0.1, -0.05) is 18.2 Å². The Hall–Kier alpha value is -1.50. The quantitative estimate of drug-likeness (QED) is 0.733. The summed E-state index contributed by atoms with van der Waals surface area (Å²) in [4.78, 5) is 13.8. The largest absolute Gasteiger partial charge is 0.337 e. The smallest absolute Gasteiger partial charge is 0.254 e. The molecule has 1 amide bonds. The van der Waals surface area contributed by atoms with Crippen LogP contribution in [-0.4, -0.2) is 17.9 Å². The number of nitrogens with zero attached hydrogens (tertiary/aromatic N) is 1. The molecule has 0 aliphatic carbocycles. The predicted octanol–water partition coefficient (Wildman–Crippen LogP) is 3.84. The van der Waals surface area contributed by atoms with Gasteiger partial charge in [-0.25, -0.2) is 8.78 Å². The van der Waals surface area contributed by atoms with Gasteiger partial charge in [0.05, 0.1) is 5.56 Å². The van der Waals surface area contributed by atoms with Crippen LogP contribution in [0.5, 0.6) is 0 Å². The van der Waals surface area contributed by atoms with Gasteiger partial charge in [-0.3, -0.25) is 4.79 Å². The zero-order valence-electron chi connectivity index (χ0n) is 10.7. The van der Waals surface area contributed by atoms with Crippen molar-refractivity contribution in [3.8, 4) is 0 Å². The van der Waals surface area contributed by atoms with Crippen LogP contribution in [0.15, 0.2) is 42.5 Å². The molecule has 0 N–H and O–H groups in total. The molecular weight excluding hydrogens is 375 g/mol. The first kappa shape index (κ1) is 14.9. The molecule has 0 spiro atoms. The fourth-order valence-electron chi connectivity index (χ4n) is 1.82. The second-order valence-corrected chi connectivity index (χ2v) is 5.55. The van der Waals surface area contributed by atoms with E-state index in [2.05, 4.69) is 22.6 Å². The highest BCUT2D eigenvalue weighted by Crippen LogP contribution is 2.16. The molecule has 2 rings (SSSR count). The van der Waals surface area contributed by atoms with Crippen molar-refractivity contribution in [1.29, 1.82) is 0 Å². The Morgan fingerprint density at radius 1 is 1.15 bits per heavy atom. The summed E-state index contributed by atoms with van der Waals surface area (Å²) in [5, 5.41) is 0. The Bertz CT molecular complexity index is 646. The summed E-state index contributed by atoms with van der Waals surface area (Å²) in [5.41, 5.74) is 1.14. The van der Waals surface area contributed by atoms with E-state index < -0.39 is 11.6 Å². The SMILES string of the molecule is CN(Cc1ccc(F)c(F)c1)C(=O)c1ccccc1I. The second-order valence-electron chi connectivity index (χ2n) is 4.39. The van der Waals surface area contributed by atoms with Crippen molar-refractivity contribution in [2.24, 2.45) is 0 Å². The fourth-order valence-corrected chi connectivity index (χ4v) is 2.44. The summed E-state index contributed by atoms with van der Waals surface area (Å²) >= 11 is 2.09. The minimum Gasteiger partial charge on any atom is -0.337 e. The average Bonchev–Trinajstić information content (AvgIpc) is 2.42. The first-order valence-electron chi connectivity index (χ1n) is 5.93. The Labute approximate surface area is 129 Å². The van der Waals surface area contributed by atoms with E-state index in [1.165, 1.54) is 11.0 Å². The molecule has 0 aromatic heterocycles. The highest BCUT2D eigenvalue weighted by Gasteiger charge is 2.15. The molecule has 104 valence electrons. The number of amides is 1. The zero-order valence-corrected chi connectivity index (χ0v) is 12.9. The molecule has 2 aromatic rings. The lowest BCUT2D eigenvalue weighted by Gasteiger charge is -2.18. The molecule has 0 unspecified atom stereocenters. The summed E-state index contributed by atoms with van der Waals surface area (Å²) in [6, 6.07) is 10.9. The number of hydrogen-bond acceptors (Lipinski definition) is 1. The van der Waals surface area contributed by atoms with Gasteiger partial charge in [0.25, 0.3) is 5.91 Å². The number of carbonyl (C=O) groups is 1. The minimum absolute atomic E-state index is 0.153. The van der Waals surface area contributed by atoms with Crippen molar-refractivity contribution < 1.29 is 13.6 Å². The van der Waals surface area contributed by atoms with Gasteiger partial charge in [-0.2, -0.15) is 0 Å². The maximum absolute atomic E-state index is 13.1. The van der Waals surface area contributed by atoms with Gasteiger partial charge in [0.1, 0.15) is 0 Å². The molecule has 0 fully saturated rings. The zero-order chi connectivity index (χ0) is 14.7. The Kier molecular flexibility index (Phi) is 4.69. The van der Waals surface area contributed by atoms with Crippen molar-refractivity contribution in [3.05, 3.63) is 68.8 Å². The van der Waals surface area contributed by atoms with Crippen molar-refractivity contribution in [3.63, 3.8) is 0 Å². The van der Waals surface area contributed by atoms with Crippen LogP contribution in [0.1, 0.15) is 15.9 Å². The predicted molar refractivity (Wildman–Crippen MR) is 81.3 cm³/mol. The molecule has 5 heteroatoms. The standard InChI is InChI=1S/C15H12F2INO/c1-19(9-10-6-7-12(16)13(17)8-10)15(20)11-4-2-3-5-14(11)18/h2-8H,9H2,1H3. The third-order valence-electron chi connectivity index (χ3n) is 2.85. The summed E-state index contributed by atoms with van der Waals surface area (Å²) < 4.78 is 26.8. The number of halogens is 3. The molecular formula is C15H12F2INO. The van der Waals surface area contributed by atoms with Crippen LogP contribution in [0.3, 0.4) is 0 Å². The van der Waals surface area contributed by atoms with Gasteiger partial charge in [-0.15, -0.1) is 0 Å². The molecule has 2 aromatic carbocycles. The number of hydrogen-bond donors (Lipinski definition) is 0. The number of carbonyl (C=O) groups excluding carboxylic acids is 1. The van der Waals surface area contributed by atoms with Crippen LogP contribution in [0.2, 0.25) is 0 Å². The monoisotopic (exact) mass is 387 g/mol. The first-order chi connectivity index (χ1) is 9.49. The van der Waals surface area contributed by atoms with Gasteiger partial charge in [-0.05, 0) is 52.4 Å². The molecule has 0 saturated heterocycles. The molecule has 0 bridgehead atoms. The van der Waals surface area contributed by atoms with E-state index in [0.29, 0.717) is 11.1 Å². The Morgan fingerprint density at radius 3 is 2.50 bits per heavy atom. The maximum atomic E-state index is 13.1. The highest BCUT2D eigenvalue weighted by atomic mass is 127. The van der Waals surface area contributed by atoms with Gasteiger partial charge in [0.15, 0.2) is 11.6 Å². The van der Waals surface area contributed by atoms with Crippen LogP contribution in [0.25, 0.3) is 0 Å². The van der Waals surface area contributed by atoms with Crippen LogP contribution >= 0.6 is 22.6 Å². The molecule has 0 aliphatic heterocycles. The fraction of sp³-hybridized carbons (Fsp3) is 0.133. The van der Waals surface area contributed by atoms with E-state index in [4.69, 9.17) is 0 Å². The van der Waals surface area contributed by atoms with Crippen LogP contribution in [0.4, 0.5) is 8.78 Å². The lowest BCUT2D eigenvalue weighted by atomic mass is 10.1. The third-order valence-corrected chi connectivity index (χ3v) is 3.80. The van der Waals surface area contributed by atoms with Crippen molar-refractivity contribution in [2.75, 3.05) is 7.05 Å². The van der Waals surface area contributed by atoms with E-state index in [-0.39, 0.29) is 12.5 Å². The maximum Gasteiger partial charge on any atom is 0.254 e. The van der Waals surface area contributed by atoms with E-state index in [1.54, 1.807) is 19.2 Å². The van der Waals surface area contributed by atoms with Gasteiger partial charge < -0.3 is 4.90 Å². The molecule has 0 atom stereocenters. The summed E-state index contributed by atoms with van der Waals surface area (Å²) in [6.45, 7) is 0.223. The van der Waals surface area contributed by atoms with Crippen molar-refractivity contribution in [1.82, 2.24) is 4.90 Å². The van der Waals surface area contributed by atoms with Gasteiger partial charge in [0.2, 0.25) is 0 Å². The number of benzene rings is 2. The van der Waals surface area contributed by atoms with Crippen LogP contribution in [0, 0.1) is 15.2 Å². The summed E-state index contributed by atoms with van der Waals surface area (Å²) in [5.74, 6) is -1.95. The van der Waals surface area contributed by atoms with Crippen LogP contribution < -0.4 is 0 Å². The van der Waals surface area contributed by atoms with E-state index in [0.717, 1.165) is 15.7 Å². The minimum atomic E-state index is -0.905. The molecule has 2 nitrogen and oxygen atoms in total. The summed E-state index contributed by atoms with van der Waals surface area (Å²) in [6.07, 6.45) is 0. The van der Waals surface area contributed by atoms with E-state index >= 15 is 0 Å². The van der Waals surface area contributed by atoms with Crippen molar-refractivity contribution in [2.45, 2.75) is 6.54 Å². The average molecular weight is 387 g/mol. The Morgan fingerprint density at radius 2 is 1.85 bits per heavy atom. The van der Waals surface area contributed by atoms with Crippen LogP contribution in [-0.2, 0) is 6.54 Å². The lowest BCUT2D eigenvalue weighted by molar-refractivity contribution is 0.0784. The topological polar surface area (TPSA) is 20.3 Å². The normalized spacial score (nSPS) is 10.4. The molecule has 0 aliphatic rings. The first-order valence-corrected chi connectivity index (χ1v) is 7.01. The molecule has 0 radical (unpaired) electrons. The molecule has 20 heavy (non-hydrogen) atoms. The number of rotatable bonds is 3. The lowest BCUT2D eigenvalue weighted by Crippen LogP contribution is -2.26. The van der Waals surface area contributed by atoms with E-state index in [9.17, 15) is 13.6 Å². The summed E-state index contributed by atoms with van der Waals surface area (Å²) in [7, 11) is 1.63. The molecule has 0 saturated carbocycles. The van der Waals surface area contributed by atoms with E-state index in [1.807, 2.05) is 12.1 Å². The van der Waals surface area contributed by atoms with Gasteiger partial charge >= 0.3 is 0 Å². The highest BCUT2D eigenvalue weighted by molar-refractivity contribution is 14.1. The second kappa shape index (κ2) is 6.30.